The van der Waals surface area contributed by atoms with E-state index in [1.54, 1.807) is 0 Å². The van der Waals surface area contributed by atoms with Crippen LogP contribution in [-0.4, -0.2) is 45.6 Å². The lowest BCUT2D eigenvalue weighted by atomic mass is 10.1. The minimum absolute atomic E-state index is 0.0841. The van der Waals surface area contributed by atoms with Crippen LogP contribution >= 0.6 is 11.8 Å². The molecule has 0 saturated carbocycles. The summed E-state index contributed by atoms with van der Waals surface area (Å²) in [7, 11) is 0.765. The molecule has 29 heavy (non-hydrogen) atoms. The molecule has 0 radical (unpaired) electrons. The van der Waals surface area contributed by atoms with Crippen molar-refractivity contribution in [2.75, 3.05) is 32.3 Å². The Hall–Kier alpha value is -2.55. The minimum atomic E-state index is -3.61. The van der Waals surface area contributed by atoms with Crippen LogP contribution in [0.15, 0.2) is 70.5 Å². The summed E-state index contributed by atoms with van der Waals surface area (Å²) < 4.78 is 31.1. The molecule has 0 fully saturated rings. The van der Waals surface area contributed by atoms with E-state index < -0.39 is 10.0 Å². The molecule has 0 bridgehead atoms. The van der Waals surface area contributed by atoms with Crippen molar-refractivity contribution in [3.05, 3.63) is 60.7 Å². The van der Waals surface area contributed by atoms with E-state index in [-0.39, 0.29) is 16.6 Å². The van der Waals surface area contributed by atoms with E-state index in [0.29, 0.717) is 11.4 Å². The van der Waals surface area contributed by atoms with Gasteiger partial charge in [0.1, 0.15) is 5.75 Å². The van der Waals surface area contributed by atoms with Gasteiger partial charge in [0.25, 0.3) is 0 Å². The van der Waals surface area contributed by atoms with Crippen LogP contribution < -0.4 is 10.1 Å². The standard InChI is InChI=1S/C21H22N2O4S2/c1-23(2)29(25,26)18-10-11-20(27-3)19(13-18)22-21(24)14-28-17-9-8-15-6-4-5-7-16(15)12-17/h4-13H,14H2,1-3H3,(H,22,24). The van der Waals surface area contributed by atoms with Crippen LogP contribution in [0.1, 0.15) is 0 Å². The molecule has 0 aromatic heterocycles. The Morgan fingerprint density at radius 3 is 2.45 bits per heavy atom. The largest absolute Gasteiger partial charge is 0.495 e. The molecule has 1 N–H and O–H groups in total. The molecule has 8 heteroatoms. The summed E-state index contributed by atoms with van der Waals surface area (Å²) in [6, 6.07) is 18.5. The SMILES string of the molecule is COc1ccc(S(=O)(=O)N(C)C)cc1NC(=O)CSc1ccc2ccccc2c1. The van der Waals surface area contributed by atoms with Crippen LogP contribution in [0, 0.1) is 0 Å². The summed E-state index contributed by atoms with van der Waals surface area (Å²) >= 11 is 1.41. The van der Waals surface area contributed by atoms with Crippen LogP contribution in [0.25, 0.3) is 10.8 Å². The maximum absolute atomic E-state index is 12.5. The number of methoxy groups -OCH3 is 1. The van der Waals surface area contributed by atoms with Gasteiger partial charge in [-0.25, -0.2) is 12.7 Å². The number of nitrogens with one attached hydrogen (secondary N) is 1. The van der Waals surface area contributed by atoms with Gasteiger partial charge in [-0.05, 0) is 41.1 Å². The van der Waals surface area contributed by atoms with Crippen LogP contribution in [0.2, 0.25) is 0 Å². The van der Waals surface area contributed by atoms with E-state index in [0.717, 1.165) is 20.0 Å². The number of benzene rings is 3. The van der Waals surface area contributed by atoms with Crippen molar-refractivity contribution < 1.29 is 17.9 Å². The lowest BCUT2D eigenvalue weighted by Gasteiger charge is -2.15. The number of anilines is 1. The fourth-order valence-electron chi connectivity index (χ4n) is 2.75. The summed E-state index contributed by atoms with van der Waals surface area (Å²) in [5.74, 6) is 0.333. The van der Waals surface area contributed by atoms with Crippen LogP contribution in [0.3, 0.4) is 0 Å². The fraction of sp³-hybridized carbons (Fsp3) is 0.190. The predicted molar refractivity (Wildman–Crippen MR) is 117 cm³/mol. The molecule has 3 aromatic rings. The third-order valence-electron chi connectivity index (χ3n) is 4.31. The second kappa shape index (κ2) is 8.86. The quantitative estimate of drug-likeness (QED) is 0.577. The highest BCUT2D eigenvalue weighted by Gasteiger charge is 2.20. The van der Waals surface area contributed by atoms with Gasteiger partial charge in [0.2, 0.25) is 15.9 Å². The number of carbonyl (C=O) groups is 1. The molecule has 0 aliphatic rings. The van der Waals surface area contributed by atoms with Gasteiger partial charge in [-0.15, -0.1) is 11.8 Å². The highest BCUT2D eigenvalue weighted by molar-refractivity contribution is 8.00. The Morgan fingerprint density at radius 1 is 1.03 bits per heavy atom. The Balaban J connectivity index is 1.73. The van der Waals surface area contributed by atoms with Gasteiger partial charge in [0.15, 0.2) is 0 Å². The number of fused-ring (bicyclic) bond motifs is 1. The lowest BCUT2D eigenvalue weighted by molar-refractivity contribution is -0.113. The molecule has 0 spiro atoms. The molecule has 6 nitrogen and oxygen atoms in total. The number of hydrogen-bond acceptors (Lipinski definition) is 5. The second-order valence-electron chi connectivity index (χ2n) is 6.50. The summed E-state index contributed by atoms with van der Waals surface area (Å²) in [5, 5.41) is 5.01. The van der Waals surface area contributed by atoms with Gasteiger partial charge in [0.05, 0.1) is 23.4 Å². The first-order valence-corrected chi connectivity index (χ1v) is 11.3. The Morgan fingerprint density at radius 2 is 1.76 bits per heavy atom. The number of thioether (sulfide) groups is 1. The molecule has 0 heterocycles. The van der Waals surface area contributed by atoms with Gasteiger partial charge in [-0.3, -0.25) is 4.79 Å². The highest BCUT2D eigenvalue weighted by atomic mass is 32.2. The van der Waals surface area contributed by atoms with Crippen molar-refractivity contribution in [1.29, 1.82) is 0 Å². The first-order valence-electron chi connectivity index (χ1n) is 8.83. The number of nitrogens with zero attached hydrogens (tertiary/aromatic N) is 1. The zero-order chi connectivity index (χ0) is 21.0. The van der Waals surface area contributed by atoms with E-state index in [1.807, 2.05) is 42.5 Å². The second-order valence-corrected chi connectivity index (χ2v) is 9.70. The zero-order valence-corrected chi connectivity index (χ0v) is 18.0. The topological polar surface area (TPSA) is 75.7 Å². The number of rotatable bonds is 7. The van der Waals surface area contributed by atoms with E-state index in [9.17, 15) is 13.2 Å². The molecular weight excluding hydrogens is 408 g/mol. The molecule has 0 aliphatic carbocycles. The lowest BCUT2D eigenvalue weighted by Crippen LogP contribution is -2.22. The van der Waals surface area contributed by atoms with Crippen molar-refractivity contribution in [2.24, 2.45) is 0 Å². The summed E-state index contributed by atoms with van der Waals surface area (Å²) in [6.45, 7) is 0. The highest BCUT2D eigenvalue weighted by Crippen LogP contribution is 2.29. The van der Waals surface area contributed by atoms with E-state index in [1.165, 1.54) is 51.2 Å². The molecule has 152 valence electrons. The van der Waals surface area contributed by atoms with E-state index in [4.69, 9.17) is 4.74 Å². The molecule has 3 rings (SSSR count). The van der Waals surface area contributed by atoms with Crippen molar-refractivity contribution in [3.63, 3.8) is 0 Å². The Kier molecular flexibility index (Phi) is 6.46. The van der Waals surface area contributed by atoms with Gasteiger partial charge in [-0.1, -0.05) is 30.3 Å². The molecule has 3 aromatic carbocycles. The molecule has 0 unspecified atom stereocenters. The Bertz CT molecular complexity index is 1140. The fourth-order valence-corrected chi connectivity index (χ4v) is 4.42. The smallest absolute Gasteiger partial charge is 0.242 e. The normalized spacial score (nSPS) is 11.6. The first-order chi connectivity index (χ1) is 13.8. The van der Waals surface area contributed by atoms with Crippen LogP contribution in [0.5, 0.6) is 5.75 Å². The first kappa shape index (κ1) is 21.2. The van der Waals surface area contributed by atoms with E-state index in [2.05, 4.69) is 5.32 Å². The molecular formula is C21H22N2O4S2. The van der Waals surface area contributed by atoms with Crippen molar-refractivity contribution in [1.82, 2.24) is 4.31 Å². The number of amides is 1. The van der Waals surface area contributed by atoms with Crippen molar-refractivity contribution in [3.8, 4) is 5.75 Å². The third kappa shape index (κ3) is 4.90. The van der Waals surface area contributed by atoms with Gasteiger partial charge >= 0.3 is 0 Å². The molecule has 1 amide bonds. The van der Waals surface area contributed by atoms with Gasteiger partial charge in [-0.2, -0.15) is 0 Å². The molecule has 0 saturated heterocycles. The summed E-state index contributed by atoms with van der Waals surface area (Å²) in [6.07, 6.45) is 0. The van der Waals surface area contributed by atoms with Gasteiger partial charge in [0, 0.05) is 19.0 Å². The van der Waals surface area contributed by atoms with Crippen LogP contribution in [-0.2, 0) is 14.8 Å². The predicted octanol–water partition coefficient (Wildman–Crippen LogP) is 3.83. The Labute approximate surface area is 174 Å². The zero-order valence-electron chi connectivity index (χ0n) is 16.4. The van der Waals surface area contributed by atoms with Gasteiger partial charge < -0.3 is 10.1 Å². The number of sulfonamides is 1. The van der Waals surface area contributed by atoms with Crippen LogP contribution in [0.4, 0.5) is 5.69 Å². The molecule has 0 atom stereocenters. The van der Waals surface area contributed by atoms with E-state index >= 15 is 0 Å². The van der Waals surface area contributed by atoms with Crippen molar-refractivity contribution >= 4 is 44.2 Å². The maximum atomic E-state index is 12.5. The maximum Gasteiger partial charge on any atom is 0.242 e. The average molecular weight is 431 g/mol. The minimum Gasteiger partial charge on any atom is -0.495 e. The van der Waals surface area contributed by atoms with Crippen molar-refractivity contribution in [2.45, 2.75) is 9.79 Å². The number of hydrogen-bond donors (Lipinski definition) is 1. The monoisotopic (exact) mass is 430 g/mol. The average Bonchev–Trinajstić information content (AvgIpc) is 2.72. The summed E-state index contributed by atoms with van der Waals surface area (Å²) in [4.78, 5) is 13.5. The summed E-state index contributed by atoms with van der Waals surface area (Å²) in [5.41, 5.74) is 0.319. The number of ether oxygens (including phenoxy) is 1. The third-order valence-corrected chi connectivity index (χ3v) is 7.12. The number of carbonyl (C=O) groups excluding carboxylic acids is 1. The molecule has 0 aliphatic heterocycles.